The van der Waals surface area contributed by atoms with Crippen LogP contribution >= 0.6 is 11.6 Å². The van der Waals surface area contributed by atoms with Gasteiger partial charge in [-0.15, -0.1) is 0 Å². The molecule has 1 aromatic carbocycles. The molecule has 0 aromatic heterocycles. The van der Waals surface area contributed by atoms with Crippen molar-refractivity contribution < 1.29 is 0 Å². The van der Waals surface area contributed by atoms with E-state index in [1.807, 2.05) is 18.2 Å². The molecule has 1 fully saturated rings. The van der Waals surface area contributed by atoms with Crippen molar-refractivity contribution in [3.63, 3.8) is 0 Å². The van der Waals surface area contributed by atoms with Crippen molar-refractivity contribution in [1.29, 1.82) is 0 Å². The lowest BCUT2D eigenvalue weighted by Crippen LogP contribution is -2.01. The van der Waals surface area contributed by atoms with Crippen molar-refractivity contribution in [2.45, 2.75) is 12.3 Å². The Morgan fingerprint density at radius 1 is 1.50 bits per heavy atom. The maximum atomic E-state index is 5.88. The molecule has 0 saturated heterocycles. The lowest BCUT2D eigenvalue weighted by molar-refractivity contribution is 0.810. The van der Waals surface area contributed by atoms with E-state index in [-0.39, 0.29) is 0 Å². The van der Waals surface area contributed by atoms with Gasteiger partial charge in [-0.3, -0.25) is 0 Å². The van der Waals surface area contributed by atoms with Gasteiger partial charge < -0.3 is 5.73 Å². The summed E-state index contributed by atoms with van der Waals surface area (Å²) in [5, 5.41) is 0.829. The van der Waals surface area contributed by atoms with Crippen molar-refractivity contribution >= 4 is 11.6 Å². The van der Waals surface area contributed by atoms with Crippen LogP contribution in [0, 0.1) is 5.92 Å². The van der Waals surface area contributed by atoms with Crippen LogP contribution in [0.3, 0.4) is 0 Å². The van der Waals surface area contributed by atoms with Crippen LogP contribution in [0.4, 0.5) is 0 Å². The number of hydrogen-bond acceptors (Lipinski definition) is 1. The van der Waals surface area contributed by atoms with E-state index in [4.69, 9.17) is 17.3 Å². The zero-order valence-corrected chi connectivity index (χ0v) is 7.59. The minimum absolute atomic E-state index is 0.675. The number of benzene rings is 1. The van der Waals surface area contributed by atoms with Crippen molar-refractivity contribution in [3.05, 3.63) is 34.9 Å². The van der Waals surface area contributed by atoms with E-state index < -0.39 is 0 Å². The second-order valence-corrected chi connectivity index (χ2v) is 3.83. The molecule has 1 nitrogen and oxygen atoms in total. The van der Waals surface area contributed by atoms with Gasteiger partial charge in [-0.2, -0.15) is 0 Å². The summed E-state index contributed by atoms with van der Waals surface area (Å²) < 4.78 is 0. The van der Waals surface area contributed by atoms with Crippen molar-refractivity contribution in [2.24, 2.45) is 11.7 Å². The van der Waals surface area contributed by atoms with Crippen LogP contribution in [0.1, 0.15) is 17.9 Å². The first-order valence-electron chi connectivity index (χ1n) is 4.27. The van der Waals surface area contributed by atoms with Crippen molar-refractivity contribution in [3.8, 4) is 0 Å². The predicted octanol–water partition coefficient (Wildman–Crippen LogP) is 2.40. The minimum atomic E-state index is 0.675. The Hall–Kier alpha value is -0.530. The third-order valence-corrected chi connectivity index (χ3v) is 2.74. The Kier molecular flexibility index (Phi) is 2.07. The van der Waals surface area contributed by atoms with E-state index in [1.54, 1.807) is 0 Å². The Morgan fingerprint density at radius 2 is 2.33 bits per heavy atom. The fourth-order valence-electron chi connectivity index (χ4n) is 1.65. The molecule has 2 heteroatoms. The van der Waals surface area contributed by atoms with Crippen LogP contribution in [-0.4, -0.2) is 6.54 Å². The highest BCUT2D eigenvalue weighted by Crippen LogP contribution is 2.46. The first-order chi connectivity index (χ1) is 5.81. The van der Waals surface area contributed by atoms with Gasteiger partial charge in [0, 0.05) is 5.02 Å². The third-order valence-electron chi connectivity index (χ3n) is 2.50. The summed E-state index contributed by atoms with van der Waals surface area (Å²) in [6.45, 7) is 0.803. The lowest BCUT2D eigenvalue weighted by atomic mass is 10.1. The van der Waals surface area contributed by atoms with E-state index in [2.05, 4.69) is 6.07 Å². The second-order valence-electron chi connectivity index (χ2n) is 3.39. The molecule has 0 spiro atoms. The molecule has 2 atom stereocenters. The molecular formula is C10H12ClN. The molecule has 0 bridgehead atoms. The Morgan fingerprint density at radius 3 is 2.92 bits per heavy atom. The fourth-order valence-corrected chi connectivity index (χ4v) is 1.85. The molecule has 2 rings (SSSR count). The van der Waals surface area contributed by atoms with E-state index in [0.29, 0.717) is 11.8 Å². The average molecular weight is 182 g/mol. The highest BCUT2D eigenvalue weighted by Gasteiger charge is 2.36. The molecule has 1 aliphatic carbocycles. The second kappa shape index (κ2) is 3.08. The zero-order valence-electron chi connectivity index (χ0n) is 6.83. The van der Waals surface area contributed by atoms with Crippen LogP contribution in [0.25, 0.3) is 0 Å². The zero-order chi connectivity index (χ0) is 8.55. The van der Waals surface area contributed by atoms with Gasteiger partial charge in [0.05, 0.1) is 0 Å². The molecule has 0 unspecified atom stereocenters. The molecule has 0 amide bonds. The maximum Gasteiger partial charge on any atom is 0.0408 e. The lowest BCUT2D eigenvalue weighted by Gasteiger charge is -1.98. The molecule has 2 N–H and O–H groups in total. The van der Waals surface area contributed by atoms with E-state index in [9.17, 15) is 0 Å². The average Bonchev–Trinajstić information content (AvgIpc) is 2.83. The molecule has 1 aliphatic rings. The topological polar surface area (TPSA) is 26.0 Å². The molecule has 1 saturated carbocycles. The standard InChI is InChI=1S/C10H12ClN/c11-9-3-1-2-7(4-9)10-5-8(10)6-12/h1-4,8,10H,5-6,12H2/t8-,10-/m0/s1. The normalized spacial score (nSPS) is 27.2. The van der Waals surface area contributed by atoms with Gasteiger partial charge in [0.25, 0.3) is 0 Å². The minimum Gasteiger partial charge on any atom is -0.330 e. The Bertz CT molecular complexity index is 285. The van der Waals surface area contributed by atoms with Gasteiger partial charge in [-0.1, -0.05) is 23.7 Å². The molecule has 12 heavy (non-hydrogen) atoms. The summed E-state index contributed by atoms with van der Waals surface area (Å²) in [7, 11) is 0. The molecule has 1 aromatic rings. The van der Waals surface area contributed by atoms with Crippen LogP contribution in [-0.2, 0) is 0 Å². The molecule has 0 radical (unpaired) electrons. The van der Waals surface area contributed by atoms with Gasteiger partial charge in [0.1, 0.15) is 0 Å². The molecule has 64 valence electrons. The quantitative estimate of drug-likeness (QED) is 0.745. The highest BCUT2D eigenvalue weighted by atomic mass is 35.5. The Labute approximate surface area is 77.5 Å². The van der Waals surface area contributed by atoms with Crippen molar-refractivity contribution in [1.82, 2.24) is 0 Å². The molecule has 0 aliphatic heterocycles. The number of halogens is 1. The van der Waals surface area contributed by atoms with Crippen LogP contribution < -0.4 is 5.73 Å². The van der Waals surface area contributed by atoms with Gasteiger partial charge in [-0.05, 0) is 42.5 Å². The van der Waals surface area contributed by atoms with Crippen LogP contribution in [0.2, 0.25) is 5.02 Å². The van der Waals surface area contributed by atoms with Gasteiger partial charge in [0.2, 0.25) is 0 Å². The van der Waals surface area contributed by atoms with Crippen LogP contribution in [0.15, 0.2) is 24.3 Å². The van der Waals surface area contributed by atoms with E-state index >= 15 is 0 Å². The third kappa shape index (κ3) is 1.47. The SMILES string of the molecule is NC[C@@H]1C[C@H]1c1cccc(Cl)c1. The maximum absolute atomic E-state index is 5.88. The molecule has 0 heterocycles. The van der Waals surface area contributed by atoms with Gasteiger partial charge in [-0.25, -0.2) is 0 Å². The first kappa shape index (κ1) is 8.09. The summed E-state index contributed by atoms with van der Waals surface area (Å²) in [6.07, 6.45) is 1.23. The van der Waals surface area contributed by atoms with Crippen LogP contribution in [0.5, 0.6) is 0 Å². The monoisotopic (exact) mass is 181 g/mol. The number of hydrogen-bond donors (Lipinski definition) is 1. The fraction of sp³-hybridized carbons (Fsp3) is 0.400. The number of nitrogens with two attached hydrogens (primary N) is 1. The smallest absolute Gasteiger partial charge is 0.0408 e. The van der Waals surface area contributed by atoms with Gasteiger partial charge in [0.15, 0.2) is 0 Å². The largest absolute Gasteiger partial charge is 0.330 e. The first-order valence-corrected chi connectivity index (χ1v) is 4.64. The summed E-state index contributed by atoms with van der Waals surface area (Å²) in [5.74, 6) is 1.37. The predicted molar refractivity (Wildman–Crippen MR) is 51.4 cm³/mol. The summed E-state index contributed by atoms with van der Waals surface area (Å²) in [5.41, 5.74) is 6.91. The van der Waals surface area contributed by atoms with E-state index in [0.717, 1.165) is 11.6 Å². The van der Waals surface area contributed by atoms with Crippen molar-refractivity contribution in [2.75, 3.05) is 6.54 Å². The Balaban J connectivity index is 2.14. The van der Waals surface area contributed by atoms with E-state index in [1.165, 1.54) is 12.0 Å². The summed E-state index contributed by atoms with van der Waals surface area (Å²) in [4.78, 5) is 0. The number of rotatable bonds is 2. The van der Waals surface area contributed by atoms with Gasteiger partial charge >= 0.3 is 0 Å². The summed E-state index contributed by atoms with van der Waals surface area (Å²) in [6, 6.07) is 8.09. The highest BCUT2D eigenvalue weighted by molar-refractivity contribution is 6.30. The summed E-state index contributed by atoms with van der Waals surface area (Å²) >= 11 is 5.88. The molecular weight excluding hydrogens is 170 g/mol.